The molecular formula is C16H18N2O2. The summed E-state index contributed by atoms with van der Waals surface area (Å²) in [4.78, 5) is 25.8. The van der Waals surface area contributed by atoms with Crippen LogP contribution in [0.25, 0.3) is 0 Å². The van der Waals surface area contributed by atoms with E-state index in [1.54, 1.807) is 10.8 Å². The van der Waals surface area contributed by atoms with Crippen molar-refractivity contribution in [3.05, 3.63) is 67.5 Å². The van der Waals surface area contributed by atoms with Gasteiger partial charge in [-0.1, -0.05) is 25.1 Å². The number of aromatic nitrogens is 2. The summed E-state index contributed by atoms with van der Waals surface area (Å²) < 4.78 is 1.58. The average molecular weight is 270 g/mol. The van der Waals surface area contributed by atoms with Crippen molar-refractivity contribution >= 4 is 0 Å². The van der Waals surface area contributed by atoms with Gasteiger partial charge in [-0.05, 0) is 42.4 Å². The summed E-state index contributed by atoms with van der Waals surface area (Å²) in [6, 6.07) is 6.42. The number of H-pyrrole nitrogens is 1. The Morgan fingerprint density at radius 3 is 2.80 bits per heavy atom. The summed E-state index contributed by atoms with van der Waals surface area (Å²) in [5.41, 5.74) is 3.97. The number of aromatic amines is 1. The molecule has 0 radical (unpaired) electrons. The highest BCUT2D eigenvalue weighted by Crippen LogP contribution is 2.22. The molecule has 4 nitrogen and oxygen atoms in total. The lowest BCUT2D eigenvalue weighted by molar-refractivity contribution is 0.707. The number of hydrogen-bond donors (Lipinski definition) is 1. The number of fused-ring (bicyclic) bond motifs is 1. The molecule has 20 heavy (non-hydrogen) atoms. The number of benzene rings is 1. The van der Waals surface area contributed by atoms with Crippen molar-refractivity contribution in [3.8, 4) is 0 Å². The third-order valence-corrected chi connectivity index (χ3v) is 3.98. The number of rotatable bonds is 3. The molecule has 0 amide bonds. The Morgan fingerprint density at radius 2 is 2.00 bits per heavy atom. The molecule has 0 spiro atoms. The average Bonchev–Trinajstić information content (AvgIpc) is 2.89. The smallest absolute Gasteiger partial charge is 0.296 e. The van der Waals surface area contributed by atoms with E-state index in [0.29, 0.717) is 18.5 Å². The molecule has 0 saturated heterocycles. The van der Waals surface area contributed by atoms with Crippen LogP contribution < -0.4 is 11.2 Å². The van der Waals surface area contributed by atoms with Gasteiger partial charge in [-0.25, -0.2) is 4.79 Å². The van der Waals surface area contributed by atoms with E-state index in [1.165, 1.54) is 17.5 Å². The largest absolute Gasteiger partial charge is 0.328 e. The molecule has 1 N–H and O–H groups in total. The van der Waals surface area contributed by atoms with Gasteiger partial charge in [0.05, 0.1) is 6.54 Å². The number of nitrogens with one attached hydrogen (secondary N) is 1. The van der Waals surface area contributed by atoms with Crippen molar-refractivity contribution in [1.29, 1.82) is 0 Å². The van der Waals surface area contributed by atoms with E-state index in [4.69, 9.17) is 0 Å². The highest BCUT2D eigenvalue weighted by atomic mass is 16.2. The van der Waals surface area contributed by atoms with Gasteiger partial charge in [-0.3, -0.25) is 14.3 Å². The minimum atomic E-state index is -0.340. The summed E-state index contributed by atoms with van der Waals surface area (Å²) in [5, 5.41) is 0. The fraction of sp³-hybridized carbons (Fsp3) is 0.375. The highest BCUT2D eigenvalue weighted by molar-refractivity contribution is 5.35. The molecule has 0 saturated carbocycles. The fourth-order valence-electron chi connectivity index (χ4n) is 2.84. The third kappa shape index (κ3) is 2.33. The van der Waals surface area contributed by atoms with E-state index in [0.717, 1.165) is 18.4 Å². The SMILES string of the molecule is CCc1cn(Cc2ccc3c(c2)CCC3)c(=O)[nH]c1=O. The predicted octanol–water partition coefficient (Wildman–Crippen LogP) is 1.64. The molecule has 0 atom stereocenters. The van der Waals surface area contributed by atoms with Crippen LogP contribution in [-0.2, 0) is 25.8 Å². The molecule has 4 heteroatoms. The van der Waals surface area contributed by atoms with Gasteiger partial charge >= 0.3 is 5.69 Å². The minimum Gasteiger partial charge on any atom is -0.296 e. The first kappa shape index (κ1) is 12.9. The second kappa shape index (κ2) is 5.12. The number of nitrogens with zero attached hydrogens (tertiary/aromatic N) is 1. The van der Waals surface area contributed by atoms with E-state index in [-0.39, 0.29) is 11.2 Å². The molecule has 0 fully saturated rings. The Morgan fingerprint density at radius 1 is 1.20 bits per heavy atom. The van der Waals surface area contributed by atoms with Crippen LogP contribution in [-0.4, -0.2) is 9.55 Å². The third-order valence-electron chi connectivity index (χ3n) is 3.98. The Balaban J connectivity index is 1.95. The minimum absolute atomic E-state index is 0.275. The van der Waals surface area contributed by atoms with Crippen molar-refractivity contribution in [2.75, 3.05) is 0 Å². The first-order chi connectivity index (χ1) is 9.67. The second-order valence-electron chi connectivity index (χ2n) is 5.35. The molecule has 1 aromatic carbocycles. The van der Waals surface area contributed by atoms with Crippen molar-refractivity contribution < 1.29 is 0 Å². The van der Waals surface area contributed by atoms with E-state index in [1.807, 2.05) is 6.92 Å². The molecule has 104 valence electrons. The molecule has 3 rings (SSSR count). The number of aryl methyl sites for hydroxylation is 3. The van der Waals surface area contributed by atoms with Gasteiger partial charge in [-0.2, -0.15) is 0 Å². The summed E-state index contributed by atoms with van der Waals surface area (Å²) in [5.74, 6) is 0. The van der Waals surface area contributed by atoms with Crippen LogP contribution in [0, 0.1) is 0 Å². The van der Waals surface area contributed by atoms with Crippen LogP contribution in [0.4, 0.5) is 0 Å². The summed E-state index contributed by atoms with van der Waals surface area (Å²) in [7, 11) is 0. The molecule has 0 aliphatic heterocycles. The topological polar surface area (TPSA) is 54.9 Å². The predicted molar refractivity (Wildman–Crippen MR) is 78.3 cm³/mol. The first-order valence-corrected chi connectivity index (χ1v) is 7.10. The number of hydrogen-bond acceptors (Lipinski definition) is 2. The summed E-state index contributed by atoms with van der Waals surface area (Å²) >= 11 is 0. The molecule has 1 heterocycles. The van der Waals surface area contributed by atoms with Gasteiger partial charge in [0.25, 0.3) is 5.56 Å². The van der Waals surface area contributed by atoms with Crippen molar-refractivity contribution in [1.82, 2.24) is 9.55 Å². The lowest BCUT2D eigenvalue weighted by Gasteiger charge is -2.08. The van der Waals surface area contributed by atoms with Gasteiger partial charge in [0.15, 0.2) is 0 Å². The quantitative estimate of drug-likeness (QED) is 0.921. The molecule has 1 aromatic heterocycles. The Hall–Kier alpha value is -2.10. The van der Waals surface area contributed by atoms with Gasteiger partial charge in [0.2, 0.25) is 0 Å². The zero-order valence-electron chi connectivity index (χ0n) is 11.6. The maximum Gasteiger partial charge on any atom is 0.328 e. The van der Waals surface area contributed by atoms with Gasteiger partial charge < -0.3 is 0 Å². The lowest BCUT2D eigenvalue weighted by atomic mass is 10.1. The monoisotopic (exact) mass is 270 g/mol. The highest BCUT2D eigenvalue weighted by Gasteiger charge is 2.11. The molecule has 0 unspecified atom stereocenters. The maximum atomic E-state index is 11.9. The van der Waals surface area contributed by atoms with E-state index in [2.05, 4.69) is 23.2 Å². The molecule has 0 bridgehead atoms. The van der Waals surface area contributed by atoms with Gasteiger partial charge in [-0.15, -0.1) is 0 Å². The summed E-state index contributed by atoms with van der Waals surface area (Å²) in [6.45, 7) is 2.42. The van der Waals surface area contributed by atoms with E-state index in [9.17, 15) is 9.59 Å². The zero-order valence-corrected chi connectivity index (χ0v) is 11.6. The van der Waals surface area contributed by atoms with Crippen LogP contribution in [0.2, 0.25) is 0 Å². The van der Waals surface area contributed by atoms with Gasteiger partial charge in [0, 0.05) is 11.8 Å². The molecule has 1 aliphatic carbocycles. The van der Waals surface area contributed by atoms with Gasteiger partial charge in [0.1, 0.15) is 0 Å². The second-order valence-corrected chi connectivity index (χ2v) is 5.35. The van der Waals surface area contributed by atoms with E-state index < -0.39 is 0 Å². The van der Waals surface area contributed by atoms with Crippen LogP contribution >= 0.6 is 0 Å². The van der Waals surface area contributed by atoms with Crippen LogP contribution in [0.1, 0.15) is 35.6 Å². The Bertz CT molecular complexity index is 756. The van der Waals surface area contributed by atoms with Crippen LogP contribution in [0.3, 0.4) is 0 Å². The molecule has 2 aromatic rings. The normalized spacial score (nSPS) is 13.4. The Labute approximate surface area is 117 Å². The fourth-order valence-corrected chi connectivity index (χ4v) is 2.84. The maximum absolute atomic E-state index is 11.9. The Kier molecular flexibility index (Phi) is 3.30. The zero-order chi connectivity index (χ0) is 14.1. The molecule has 1 aliphatic rings. The summed E-state index contributed by atoms with van der Waals surface area (Å²) in [6.07, 6.45) is 5.81. The van der Waals surface area contributed by atoms with Crippen LogP contribution in [0.5, 0.6) is 0 Å². The van der Waals surface area contributed by atoms with Crippen molar-refractivity contribution in [2.45, 2.75) is 39.2 Å². The van der Waals surface area contributed by atoms with Crippen molar-refractivity contribution in [3.63, 3.8) is 0 Å². The first-order valence-electron chi connectivity index (χ1n) is 7.10. The lowest BCUT2D eigenvalue weighted by Crippen LogP contribution is -2.31. The van der Waals surface area contributed by atoms with E-state index >= 15 is 0 Å². The van der Waals surface area contributed by atoms with Crippen LogP contribution in [0.15, 0.2) is 34.0 Å². The standard InChI is InChI=1S/C16H18N2O2/c1-2-12-10-18(16(20)17-15(12)19)9-11-6-7-13-4-3-5-14(13)8-11/h6-8,10H,2-5,9H2,1H3,(H,17,19,20). The molecular weight excluding hydrogens is 252 g/mol. The van der Waals surface area contributed by atoms with Crippen molar-refractivity contribution in [2.24, 2.45) is 0 Å².